The van der Waals surface area contributed by atoms with Crippen LogP contribution in [-0.4, -0.2) is 59.5 Å². The van der Waals surface area contributed by atoms with Crippen LogP contribution in [0.15, 0.2) is 36.4 Å². The zero-order valence-electron chi connectivity index (χ0n) is 15.8. The summed E-state index contributed by atoms with van der Waals surface area (Å²) in [5.74, 6) is 0.951. The fourth-order valence-electron chi connectivity index (χ4n) is 3.90. The van der Waals surface area contributed by atoms with Crippen LogP contribution in [0, 0.1) is 0 Å². The van der Waals surface area contributed by atoms with Crippen LogP contribution in [0.3, 0.4) is 0 Å². The number of aromatic amines is 1. The molecule has 1 unspecified atom stereocenters. The third-order valence-corrected chi connectivity index (χ3v) is 6.29. The number of fused-ring (bicyclic) bond motifs is 1. The van der Waals surface area contributed by atoms with Gasteiger partial charge in [-0.2, -0.15) is 0 Å². The van der Waals surface area contributed by atoms with Crippen molar-refractivity contribution >= 4 is 45.8 Å². The number of piperazine rings is 1. The minimum atomic E-state index is 0.0188. The molecule has 5 rings (SSSR count). The van der Waals surface area contributed by atoms with E-state index in [0.29, 0.717) is 10.0 Å². The minimum Gasteiger partial charge on any atom is -0.368 e. The van der Waals surface area contributed by atoms with Crippen LogP contribution in [0.25, 0.3) is 22.4 Å². The lowest BCUT2D eigenvalue weighted by atomic mass is 10.1. The Morgan fingerprint density at radius 3 is 2.59 bits per heavy atom. The highest BCUT2D eigenvalue weighted by molar-refractivity contribution is 6.33. The number of carbonyl (C=O) groups excluding carboxylic acids is 1. The number of carbonyl (C=O) groups is 1. The topological polar surface area (TPSA) is 64.3 Å². The number of amides is 1. The highest BCUT2D eigenvalue weighted by atomic mass is 35.5. The molecule has 1 atom stereocenters. The van der Waals surface area contributed by atoms with Crippen LogP contribution in [0.2, 0.25) is 10.0 Å². The van der Waals surface area contributed by atoms with E-state index >= 15 is 0 Å². The van der Waals surface area contributed by atoms with E-state index in [2.05, 4.69) is 26.3 Å². The molecule has 8 heteroatoms. The number of hydrogen-bond donors (Lipinski definition) is 2. The number of halogens is 2. The first-order valence-electron chi connectivity index (χ1n) is 9.81. The lowest BCUT2D eigenvalue weighted by Gasteiger charge is -2.39. The highest BCUT2D eigenvalue weighted by Gasteiger charge is 2.31. The molecule has 29 heavy (non-hydrogen) atoms. The molecular weight excluding hydrogens is 409 g/mol. The quantitative estimate of drug-likeness (QED) is 0.667. The van der Waals surface area contributed by atoms with Gasteiger partial charge in [0.05, 0.1) is 22.1 Å². The maximum atomic E-state index is 12.4. The van der Waals surface area contributed by atoms with Gasteiger partial charge < -0.3 is 20.1 Å². The molecule has 3 heterocycles. The molecule has 2 N–H and O–H groups in total. The van der Waals surface area contributed by atoms with E-state index in [1.807, 2.05) is 35.2 Å². The van der Waals surface area contributed by atoms with E-state index in [1.165, 1.54) is 0 Å². The molecule has 2 aliphatic rings. The van der Waals surface area contributed by atoms with Gasteiger partial charge >= 0.3 is 0 Å². The van der Waals surface area contributed by atoms with Gasteiger partial charge in [-0.3, -0.25) is 4.79 Å². The molecular formula is C21H21Cl2N5O. The van der Waals surface area contributed by atoms with Crippen molar-refractivity contribution in [3.05, 3.63) is 46.4 Å². The third kappa shape index (κ3) is 3.56. The lowest BCUT2D eigenvalue weighted by molar-refractivity contribution is -0.135. The second-order valence-electron chi connectivity index (χ2n) is 7.52. The highest BCUT2D eigenvalue weighted by Crippen LogP contribution is 2.32. The number of imidazole rings is 1. The van der Waals surface area contributed by atoms with Crippen LogP contribution < -0.4 is 10.2 Å². The fraction of sp³-hybridized carbons (Fsp3) is 0.333. The van der Waals surface area contributed by atoms with Gasteiger partial charge in [0.15, 0.2) is 0 Å². The maximum absolute atomic E-state index is 12.4. The standard InChI is InChI=1S/C21H21Cl2N5O/c22-13-1-4-17-19(11-13)26-20(25-17)15-12-14(2-3-16(15)23)27-7-9-28(10-8-27)21(29)18-5-6-24-18/h1-4,11-12,18,24H,5-10H2,(H,25,26). The Morgan fingerprint density at radius 1 is 1.07 bits per heavy atom. The molecule has 1 aromatic heterocycles. The lowest BCUT2D eigenvalue weighted by Crippen LogP contribution is -2.58. The summed E-state index contributed by atoms with van der Waals surface area (Å²) in [7, 11) is 0. The van der Waals surface area contributed by atoms with Crippen molar-refractivity contribution in [3.63, 3.8) is 0 Å². The second kappa shape index (κ2) is 7.52. The van der Waals surface area contributed by atoms with Gasteiger partial charge in [-0.05, 0) is 49.4 Å². The molecule has 0 bridgehead atoms. The Labute approximate surface area is 178 Å². The second-order valence-corrected chi connectivity index (χ2v) is 8.36. The van der Waals surface area contributed by atoms with Gasteiger partial charge in [-0.15, -0.1) is 0 Å². The minimum absolute atomic E-state index is 0.0188. The van der Waals surface area contributed by atoms with E-state index < -0.39 is 0 Å². The largest absolute Gasteiger partial charge is 0.368 e. The zero-order valence-corrected chi connectivity index (χ0v) is 17.3. The Bertz CT molecular complexity index is 1070. The summed E-state index contributed by atoms with van der Waals surface area (Å²) >= 11 is 12.6. The van der Waals surface area contributed by atoms with Crippen molar-refractivity contribution < 1.29 is 4.79 Å². The first kappa shape index (κ1) is 18.7. The van der Waals surface area contributed by atoms with Crippen LogP contribution in [-0.2, 0) is 4.79 Å². The molecule has 0 saturated carbocycles. The molecule has 2 saturated heterocycles. The van der Waals surface area contributed by atoms with Gasteiger partial charge in [-0.1, -0.05) is 23.2 Å². The van der Waals surface area contributed by atoms with E-state index in [0.717, 1.165) is 67.3 Å². The van der Waals surface area contributed by atoms with Crippen LogP contribution in [0.1, 0.15) is 6.42 Å². The SMILES string of the molecule is O=C(C1CCN1)N1CCN(c2ccc(Cl)c(-c3nc4cc(Cl)ccc4[nH]3)c2)CC1. The van der Waals surface area contributed by atoms with Crippen molar-refractivity contribution in [2.24, 2.45) is 0 Å². The summed E-state index contributed by atoms with van der Waals surface area (Å²) in [5, 5.41) is 4.49. The molecule has 2 fully saturated rings. The summed E-state index contributed by atoms with van der Waals surface area (Å²) in [6, 6.07) is 11.6. The monoisotopic (exact) mass is 429 g/mol. The number of benzene rings is 2. The van der Waals surface area contributed by atoms with Crippen molar-refractivity contribution in [1.29, 1.82) is 0 Å². The summed E-state index contributed by atoms with van der Waals surface area (Å²) < 4.78 is 0. The maximum Gasteiger partial charge on any atom is 0.239 e. The normalized spacial score (nSPS) is 19.4. The Kier molecular flexibility index (Phi) is 4.86. The molecule has 0 aliphatic carbocycles. The van der Waals surface area contributed by atoms with E-state index in [1.54, 1.807) is 0 Å². The third-order valence-electron chi connectivity index (χ3n) is 5.73. The average molecular weight is 430 g/mol. The predicted octanol–water partition coefficient (Wildman–Crippen LogP) is 3.55. The first-order chi connectivity index (χ1) is 14.1. The van der Waals surface area contributed by atoms with Crippen molar-refractivity contribution in [2.75, 3.05) is 37.6 Å². The molecule has 0 radical (unpaired) electrons. The summed E-state index contributed by atoms with van der Waals surface area (Å²) in [6.45, 7) is 4.01. The zero-order chi connectivity index (χ0) is 20.0. The first-order valence-corrected chi connectivity index (χ1v) is 10.6. The average Bonchev–Trinajstić information content (AvgIpc) is 3.10. The molecule has 150 valence electrons. The van der Waals surface area contributed by atoms with Crippen LogP contribution in [0.5, 0.6) is 0 Å². The van der Waals surface area contributed by atoms with Crippen molar-refractivity contribution in [3.8, 4) is 11.4 Å². The molecule has 1 amide bonds. The number of anilines is 1. The predicted molar refractivity (Wildman–Crippen MR) is 117 cm³/mol. The number of nitrogens with one attached hydrogen (secondary N) is 2. The summed E-state index contributed by atoms with van der Waals surface area (Å²) in [6.07, 6.45) is 0.947. The van der Waals surface area contributed by atoms with E-state index in [-0.39, 0.29) is 11.9 Å². The summed E-state index contributed by atoms with van der Waals surface area (Å²) in [5.41, 5.74) is 3.67. The number of hydrogen-bond acceptors (Lipinski definition) is 4. The van der Waals surface area contributed by atoms with Gasteiger partial charge in [0.1, 0.15) is 5.82 Å². The molecule has 2 aliphatic heterocycles. The van der Waals surface area contributed by atoms with Gasteiger partial charge in [0.25, 0.3) is 0 Å². The van der Waals surface area contributed by atoms with Gasteiger partial charge in [0.2, 0.25) is 5.91 Å². The van der Waals surface area contributed by atoms with Gasteiger partial charge in [0, 0.05) is 42.5 Å². The van der Waals surface area contributed by atoms with Gasteiger partial charge in [-0.25, -0.2) is 4.98 Å². The molecule has 6 nitrogen and oxygen atoms in total. The van der Waals surface area contributed by atoms with E-state index in [4.69, 9.17) is 23.2 Å². The Hall–Kier alpha value is -2.28. The van der Waals surface area contributed by atoms with Crippen molar-refractivity contribution in [1.82, 2.24) is 20.2 Å². The number of nitrogens with zero attached hydrogens (tertiary/aromatic N) is 3. The molecule has 3 aromatic rings. The van der Waals surface area contributed by atoms with E-state index in [9.17, 15) is 4.79 Å². The van der Waals surface area contributed by atoms with Crippen molar-refractivity contribution in [2.45, 2.75) is 12.5 Å². The number of rotatable bonds is 3. The number of H-pyrrole nitrogens is 1. The Balaban J connectivity index is 1.36. The van der Waals surface area contributed by atoms with Crippen LogP contribution in [0.4, 0.5) is 5.69 Å². The fourth-order valence-corrected chi connectivity index (χ4v) is 4.28. The van der Waals surface area contributed by atoms with Crippen LogP contribution >= 0.6 is 23.2 Å². The number of aromatic nitrogens is 2. The smallest absolute Gasteiger partial charge is 0.239 e. The molecule has 2 aromatic carbocycles. The Morgan fingerprint density at radius 2 is 1.86 bits per heavy atom. The summed E-state index contributed by atoms with van der Waals surface area (Å²) in [4.78, 5) is 24.7. The molecule has 0 spiro atoms.